The van der Waals surface area contributed by atoms with Crippen molar-refractivity contribution in [3.05, 3.63) is 89.2 Å². The number of nitrogens with one attached hydrogen (secondary N) is 2. The van der Waals surface area contributed by atoms with E-state index in [0.29, 0.717) is 13.0 Å². The molecule has 6 nitrogen and oxygen atoms in total. The van der Waals surface area contributed by atoms with Gasteiger partial charge in [-0.3, -0.25) is 4.98 Å². The van der Waals surface area contributed by atoms with E-state index in [0.717, 1.165) is 34.4 Å². The van der Waals surface area contributed by atoms with Crippen LogP contribution >= 0.6 is 0 Å². The summed E-state index contributed by atoms with van der Waals surface area (Å²) in [6.07, 6.45) is 3.98. The Balaban J connectivity index is 1.54. The number of aliphatic hydroxyl groups excluding tert-OH is 1. The molecule has 1 aliphatic rings. The van der Waals surface area contributed by atoms with Crippen molar-refractivity contribution >= 4 is 15.7 Å². The molecule has 4 rings (SSSR count). The summed E-state index contributed by atoms with van der Waals surface area (Å²) in [5.41, 5.74) is 4.73. The monoisotopic (exact) mass is 423 g/mol. The van der Waals surface area contributed by atoms with Crippen LogP contribution in [0.1, 0.15) is 35.2 Å². The molecule has 2 atom stereocenters. The van der Waals surface area contributed by atoms with Gasteiger partial charge < -0.3 is 10.4 Å². The zero-order chi connectivity index (χ0) is 21.1. The van der Waals surface area contributed by atoms with Crippen LogP contribution in [0.4, 0.5) is 5.69 Å². The van der Waals surface area contributed by atoms with Crippen molar-refractivity contribution in [2.45, 2.75) is 43.4 Å². The molecule has 7 heteroatoms. The highest BCUT2D eigenvalue weighted by Crippen LogP contribution is 2.34. The van der Waals surface area contributed by atoms with Gasteiger partial charge in [-0.05, 0) is 59.0 Å². The fraction of sp³-hybridized carbons (Fsp3) is 0.261. The highest BCUT2D eigenvalue weighted by Gasteiger charge is 2.34. The summed E-state index contributed by atoms with van der Waals surface area (Å²) in [4.78, 5) is 4.31. The third kappa shape index (κ3) is 4.38. The second kappa shape index (κ2) is 8.55. The molecule has 2 aromatic carbocycles. The molecular weight excluding hydrogens is 398 g/mol. The molecule has 0 radical (unpaired) electrons. The van der Waals surface area contributed by atoms with Crippen LogP contribution in [0.5, 0.6) is 0 Å². The molecule has 0 aliphatic heterocycles. The van der Waals surface area contributed by atoms with Crippen LogP contribution in [-0.2, 0) is 29.4 Å². The summed E-state index contributed by atoms with van der Waals surface area (Å²) in [5.74, 6) is 0. The summed E-state index contributed by atoms with van der Waals surface area (Å²) >= 11 is 0. The average molecular weight is 424 g/mol. The van der Waals surface area contributed by atoms with Gasteiger partial charge in [-0.15, -0.1) is 0 Å². The second-order valence-corrected chi connectivity index (χ2v) is 9.21. The van der Waals surface area contributed by atoms with Crippen molar-refractivity contribution < 1.29 is 13.5 Å². The first-order valence-electron chi connectivity index (χ1n) is 10.0. The van der Waals surface area contributed by atoms with Gasteiger partial charge in [0.25, 0.3) is 0 Å². The van der Waals surface area contributed by atoms with Gasteiger partial charge in [0.2, 0.25) is 10.0 Å². The topological polar surface area (TPSA) is 91.3 Å². The van der Waals surface area contributed by atoms with E-state index in [1.54, 1.807) is 24.5 Å². The molecule has 1 aliphatic carbocycles. The zero-order valence-electron chi connectivity index (χ0n) is 16.7. The number of nitrogens with zero attached hydrogens (tertiary/aromatic N) is 1. The van der Waals surface area contributed by atoms with Gasteiger partial charge in [0.15, 0.2) is 0 Å². The number of aromatic nitrogens is 1. The van der Waals surface area contributed by atoms with Crippen LogP contribution in [0.15, 0.2) is 71.9 Å². The normalized spacial score (nSPS) is 18.2. The van der Waals surface area contributed by atoms with Gasteiger partial charge in [0, 0.05) is 31.0 Å². The Morgan fingerprint density at radius 3 is 2.60 bits per heavy atom. The highest BCUT2D eigenvalue weighted by atomic mass is 32.2. The fourth-order valence-corrected chi connectivity index (χ4v) is 4.97. The molecule has 1 aromatic heterocycles. The fourth-order valence-electron chi connectivity index (χ4n) is 3.72. The predicted octanol–water partition coefficient (Wildman–Crippen LogP) is 3.19. The quantitative estimate of drug-likeness (QED) is 0.543. The van der Waals surface area contributed by atoms with Gasteiger partial charge in [-0.1, -0.05) is 31.2 Å². The van der Waals surface area contributed by atoms with Crippen LogP contribution in [0.3, 0.4) is 0 Å². The van der Waals surface area contributed by atoms with Crippen molar-refractivity contribution in [2.24, 2.45) is 0 Å². The Kier molecular flexibility index (Phi) is 5.85. The third-order valence-corrected chi connectivity index (χ3v) is 6.90. The van der Waals surface area contributed by atoms with Crippen molar-refractivity contribution in [1.82, 2.24) is 9.71 Å². The van der Waals surface area contributed by atoms with E-state index < -0.39 is 22.2 Å². The lowest BCUT2D eigenvalue weighted by atomic mass is 10.1. The Labute approximate surface area is 177 Å². The number of aliphatic hydroxyl groups is 1. The molecule has 0 bridgehead atoms. The molecule has 3 N–H and O–H groups in total. The van der Waals surface area contributed by atoms with Crippen LogP contribution in [-0.4, -0.2) is 24.6 Å². The van der Waals surface area contributed by atoms with Crippen molar-refractivity contribution in [2.75, 3.05) is 5.32 Å². The standard InChI is InChI=1S/C23H25N3O3S/c1-2-16-5-9-20(10-6-16)30(28,29)26-23-21-13-19(8-7-18(21)12-22(23)27)25-15-17-4-3-11-24-14-17/h3-11,13-14,22-23,25-27H,2,12,15H2,1H3/t22-,23-/m1/s1. The lowest BCUT2D eigenvalue weighted by molar-refractivity contribution is 0.151. The van der Waals surface area contributed by atoms with Gasteiger partial charge in [0.05, 0.1) is 17.0 Å². The number of aryl methyl sites for hydroxylation is 1. The van der Waals surface area contributed by atoms with E-state index in [4.69, 9.17) is 0 Å². The first-order valence-corrected chi connectivity index (χ1v) is 11.5. The number of rotatable bonds is 7. The van der Waals surface area contributed by atoms with Gasteiger partial charge >= 0.3 is 0 Å². The number of anilines is 1. The maximum Gasteiger partial charge on any atom is 0.241 e. The second-order valence-electron chi connectivity index (χ2n) is 7.50. The SMILES string of the molecule is CCc1ccc(S(=O)(=O)N[C@@H]2c3cc(NCc4cccnc4)ccc3C[C@H]2O)cc1. The minimum Gasteiger partial charge on any atom is -0.391 e. The Morgan fingerprint density at radius 1 is 1.10 bits per heavy atom. The Hall–Kier alpha value is -2.74. The number of sulfonamides is 1. The minimum absolute atomic E-state index is 0.200. The number of hydrogen-bond acceptors (Lipinski definition) is 5. The summed E-state index contributed by atoms with van der Waals surface area (Å²) in [7, 11) is -3.75. The third-order valence-electron chi connectivity index (χ3n) is 5.44. The van der Waals surface area contributed by atoms with E-state index in [2.05, 4.69) is 15.0 Å². The molecular formula is C23H25N3O3S. The largest absolute Gasteiger partial charge is 0.391 e. The highest BCUT2D eigenvalue weighted by molar-refractivity contribution is 7.89. The van der Waals surface area contributed by atoms with Gasteiger partial charge in [-0.2, -0.15) is 0 Å². The maximum absolute atomic E-state index is 12.9. The van der Waals surface area contributed by atoms with Crippen LogP contribution in [0.2, 0.25) is 0 Å². The molecule has 30 heavy (non-hydrogen) atoms. The van der Waals surface area contributed by atoms with E-state index in [-0.39, 0.29) is 4.90 Å². The van der Waals surface area contributed by atoms with Gasteiger partial charge in [0.1, 0.15) is 0 Å². The average Bonchev–Trinajstić information content (AvgIpc) is 3.07. The first-order chi connectivity index (χ1) is 14.5. The maximum atomic E-state index is 12.9. The molecule has 1 heterocycles. The summed E-state index contributed by atoms with van der Waals surface area (Å²) in [6.45, 7) is 2.63. The summed E-state index contributed by atoms with van der Waals surface area (Å²) in [6, 6.07) is 15.8. The Morgan fingerprint density at radius 2 is 1.90 bits per heavy atom. The summed E-state index contributed by atoms with van der Waals surface area (Å²) < 4.78 is 28.5. The Bertz CT molecular complexity index is 1120. The lowest BCUT2D eigenvalue weighted by Crippen LogP contribution is -2.33. The van der Waals surface area contributed by atoms with Crippen molar-refractivity contribution in [3.63, 3.8) is 0 Å². The molecule has 0 saturated carbocycles. The van der Waals surface area contributed by atoms with Crippen molar-refractivity contribution in [3.8, 4) is 0 Å². The number of hydrogen-bond donors (Lipinski definition) is 3. The smallest absolute Gasteiger partial charge is 0.241 e. The molecule has 3 aromatic rings. The zero-order valence-corrected chi connectivity index (χ0v) is 17.6. The van der Waals surface area contributed by atoms with Gasteiger partial charge in [-0.25, -0.2) is 13.1 Å². The predicted molar refractivity (Wildman–Crippen MR) is 117 cm³/mol. The molecule has 0 saturated heterocycles. The molecule has 0 spiro atoms. The van der Waals surface area contributed by atoms with Crippen LogP contribution in [0, 0.1) is 0 Å². The van der Waals surface area contributed by atoms with Crippen molar-refractivity contribution in [1.29, 1.82) is 0 Å². The van der Waals surface area contributed by atoms with E-state index >= 15 is 0 Å². The van der Waals surface area contributed by atoms with Crippen LogP contribution in [0.25, 0.3) is 0 Å². The number of pyridine rings is 1. The van der Waals surface area contributed by atoms with E-state index in [9.17, 15) is 13.5 Å². The minimum atomic E-state index is -3.75. The van der Waals surface area contributed by atoms with Crippen LogP contribution < -0.4 is 10.0 Å². The summed E-state index contributed by atoms with van der Waals surface area (Å²) in [5, 5.41) is 13.9. The van der Waals surface area contributed by atoms with E-state index in [1.165, 1.54) is 0 Å². The number of benzene rings is 2. The molecule has 0 amide bonds. The lowest BCUT2D eigenvalue weighted by Gasteiger charge is -2.19. The first kappa shape index (κ1) is 20.5. The molecule has 0 fully saturated rings. The number of fused-ring (bicyclic) bond motifs is 1. The molecule has 156 valence electrons. The van der Waals surface area contributed by atoms with E-state index in [1.807, 2.05) is 49.4 Å². The molecule has 0 unspecified atom stereocenters.